The molecule has 0 aromatic heterocycles. The third-order valence-corrected chi connectivity index (χ3v) is 3.97. The maximum atomic E-state index is 10.9. The minimum Gasteiger partial charge on any atom is -0.465 e. The zero-order chi connectivity index (χ0) is 13.6. The predicted molar refractivity (Wildman–Crippen MR) is 74.2 cm³/mol. The quantitative estimate of drug-likeness (QED) is 0.315. The van der Waals surface area contributed by atoms with Gasteiger partial charge in [0.2, 0.25) is 0 Å². The summed E-state index contributed by atoms with van der Waals surface area (Å²) in [7, 11) is 3.14. The van der Waals surface area contributed by atoms with E-state index in [4.69, 9.17) is 20.9 Å². The molecule has 0 aliphatic rings. The SMILES string of the molecule is NCCC(=O)OCCSSCCOC(=O)CCN. The van der Waals surface area contributed by atoms with Crippen LogP contribution in [0.4, 0.5) is 0 Å². The number of rotatable bonds is 11. The fraction of sp³-hybridized carbons (Fsp3) is 0.800. The van der Waals surface area contributed by atoms with Crippen molar-refractivity contribution in [3.8, 4) is 0 Å². The second kappa shape index (κ2) is 13.0. The molecule has 0 atom stereocenters. The van der Waals surface area contributed by atoms with Crippen LogP contribution in [0.15, 0.2) is 0 Å². The highest BCUT2D eigenvalue weighted by Crippen LogP contribution is 2.20. The molecule has 8 heteroatoms. The van der Waals surface area contributed by atoms with Crippen molar-refractivity contribution < 1.29 is 19.1 Å². The van der Waals surface area contributed by atoms with Gasteiger partial charge in [0.1, 0.15) is 13.2 Å². The number of carbonyl (C=O) groups excluding carboxylic acids is 2. The van der Waals surface area contributed by atoms with Crippen LogP contribution in [-0.4, -0.2) is 49.7 Å². The molecule has 4 N–H and O–H groups in total. The van der Waals surface area contributed by atoms with Crippen LogP contribution in [0, 0.1) is 0 Å². The molecule has 0 spiro atoms. The van der Waals surface area contributed by atoms with E-state index in [-0.39, 0.29) is 24.8 Å². The van der Waals surface area contributed by atoms with Gasteiger partial charge in [0.15, 0.2) is 0 Å². The molecule has 0 aliphatic carbocycles. The van der Waals surface area contributed by atoms with Crippen molar-refractivity contribution in [3.63, 3.8) is 0 Å². The van der Waals surface area contributed by atoms with E-state index in [1.54, 1.807) is 21.6 Å². The van der Waals surface area contributed by atoms with Crippen LogP contribution in [-0.2, 0) is 19.1 Å². The maximum absolute atomic E-state index is 10.9. The number of hydrogen-bond acceptors (Lipinski definition) is 8. The van der Waals surface area contributed by atoms with Gasteiger partial charge in [-0.2, -0.15) is 0 Å². The molecule has 0 bridgehead atoms. The first kappa shape index (κ1) is 17.6. The van der Waals surface area contributed by atoms with Gasteiger partial charge in [0.05, 0.1) is 12.8 Å². The molecular weight excluding hydrogens is 276 g/mol. The summed E-state index contributed by atoms with van der Waals surface area (Å²) in [6.45, 7) is 1.39. The van der Waals surface area contributed by atoms with E-state index >= 15 is 0 Å². The van der Waals surface area contributed by atoms with Crippen molar-refractivity contribution in [3.05, 3.63) is 0 Å². The molecule has 0 rings (SSSR count). The zero-order valence-corrected chi connectivity index (χ0v) is 11.9. The lowest BCUT2D eigenvalue weighted by atomic mass is 10.4. The molecule has 0 saturated heterocycles. The highest BCUT2D eigenvalue weighted by Gasteiger charge is 2.01. The molecule has 0 heterocycles. The standard InChI is InChI=1S/C10H20N2O4S2/c11-3-1-9(13)15-5-7-17-18-8-6-16-10(14)2-4-12/h1-8,11-12H2. The Morgan fingerprint density at radius 3 is 1.56 bits per heavy atom. The largest absolute Gasteiger partial charge is 0.465 e. The number of esters is 2. The van der Waals surface area contributed by atoms with Crippen LogP contribution < -0.4 is 11.5 Å². The van der Waals surface area contributed by atoms with Crippen LogP contribution in [0.25, 0.3) is 0 Å². The maximum Gasteiger partial charge on any atom is 0.307 e. The average molecular weight is 296 g/mol. The molecule has 0 unspecified atom stereocenters. The summed E-state index contributed by atoms with van der Waals surface area (Å²) in [6.07, 6.45) is 0.518. The minimum absolute atomic E-state index is 0.259. The molecule has 0 fully saturated rings. The van der Waals surface area contributed by atoms with Crippen molar-refractivity contribution in [2.45, 2.75) is 12.8 Å². The Morgan fingerprint density at radius 2 is 1.22 bits per heavy atom. The van der Waals surface area contributed by atoms with Gasteiger partial charge in [0.25, 0.3) is 0 Å². The monoisotopic (exact) mass is 296 g/mol. The molecule has 0 radical (unpaired) electrons. The van der Waals surface area contributed by atoms with Gasteiger partial charge in [0, 0.05) is 24.6 Å². The van der Waals surface area contributed by atoms with Gasteiger partial charge in [-0.05, 0) is 0 Å². The van der Waals surface area contributed by atoms with Crippen molar-refractivity contribution in [1.29, 1.82) is 0 Å². The minimum atomic E-state index is -0.265. The van der Waals surface area contributed by atoms with Crippen molar-refractivity contribution in [1.82, 2.24) is 0 Å². The third-order valence-electron chi connectivity index (χ3n) is 1.64. The summed E-state index contributed by atoms with van der Waals surface area (Å²) < 4.78 is 9.81. The summed E-state index contributed by atoms with van der Waals surface area (Å²) >= 11 is 0. The van der Waals surface area contributed by atoms with Crippen LogP contribution in [0.3, 0.4) is 0 Å². The summed E-state index contributed by atoms with van der Waals surface area (Å²) in [5, 5.41) is 0. The van der Waals surface area contributed by atoms with Gasteiger partial charge in [-0.15, -0.1) is 0 Å². The van der Waals surface area contributed by atoms with E-state index in [9.17, 15) is 9.59 Å². The molecule has 18 heavy (non-hydrogen) atoms. The van der Waals surface area contributed by atoms with Crippen molar-refractivity contribution >= 4 is 33.5 Å². The van der Waals surface area contributed by atoms with E-state index in [2.05, 4.69) is 0 Å². The highest BCUT2D eigenvalue weighted by molar-refractivity contribution is 8.76. The van der Waals surface area contributed by atoms with Gasteiger partial charge < -0.3 is 20.9 Å². The lowest BCUT2D eigenvalue weighted by molar-refractivity contribution is -0.143. The second-order valence-electron chi connectivity index (χ2n) is 3.16. The molecular formula is C10H20N2O4S2. The molecule has 0 aliphatic heterocycles. The highest BCUT2D eigenvalue weighted by atomic mass is 33.1. The Labute approximate surface area is 115 Å². The van der Waals surface area contributed by atoms with Crippen molar-refractivity contribution in [2.75, 3.05) is 37.8 Å². The van der Waals surface area contributed by atoms with Gasteiger partial charge in [-0.1, -0.05) is 21.6 Å². The molecule has 0 amide bonds. The lowest BCUT2D eigenvalue weighted by Crippen LogP contribution is -2.13. The molecule has 0 aromatic carbocycles. The topological polar surface area (TPSA) is 105 Å². The smallest absolute Gasteiger partial charge is 0.307 e. The fourth-order valence-electron chi connectivity index (χ4n) is 0.877. The average Bonchev–Trinajstić information content (AvgIpc) is 2.33. The lowest BCUT2D eigenvalue weighted by Gasteiger charge is -2.04. The van der Waals surface area contributed by atoms with Gasteiger partial charge >= 0.3 is 11.9 Å². The summed E-state index contributed by atoms with van der Waals surface area (Å²) in [6, 6.07) is 0. The molecule has 6 nitrogen and oxygen atoms in total. The van der Waals surface area contributed by atoms with E-state index < -0.39 is 0 Å². The number of hydrogen-bond donors (Lipinski definition) is 2. The summed E-state index contributed by atoms with van der Waals surface area (Å²) in [5.41, 5.74) is 10.4. The first-order valence-electron chi connectivity index (χ1n) is 5.66. The number of nitrogens with two attached hydrogens (primary N) is 2. The normalized spacial score (nSPS) is 10.1. The Hall–Kier alpha value is -0.440. The Kier molecular flexibility index (Phi) is 12.7. The van der Waals surface area contributed by atoms with Crippen LogP contribution in [0.1, 0.15) is 12.8 Å². The summed E-state index contributed by atoms with van der Waals surface area (Å²) in [5.74, 6) is 0.882. The fourth-order valence-corrected chi connectivity index (χ4v) is 2.53. The van der Waals surface area contributed by atoms with Gasteiger partial charge in [-0.25, -0.2) is 0 Å². The van der Waals surface area contributed by atoms with Gasteiger partial charge in [-0.3, -0.25) is 9.59 Å². The van der Waals surface area contributed by atoms with E-state index in [1.807, 2.05) is 0 Å². The third kappa shape index (κ3) is 12.0. The number of carbonyl (C=O) groups is 2. The molecule has 0 saturated carbocycles. The van der Waals surface area contributed by atoms with E-state index in [0.29, 0.717) is 37.8 Å². The van der Waals surface area contributed by atoms with Crippen LogP contribution in [0.5, 0.6) is 0 Å². The van der Waals surface area contributed by atoms with Crippen LogP contribution in [0.2, 0.25) is 0 Å². The Balaban J connectivity index is 3.16. The molecule has 106 valence electrons. The van der Waals surface area contributed by atoms with Crippen molar-refractivity contribution in [2.24, 2.45) is 11.5 Å². The summed E-state index contributed by atoms with van der Waals surface area (Å²) in [4.78, 5) is 21.9. The van der Waals surface area contributed by atoms with E-state index in [1.165, 1.54) is 0 Å². The Morgan fingerprint density at radius 1 is 0.833 bits per heavy atom. The predicted octanol–water partition coefficient (Wildman–Crippen LogP) is 0.152. The second-order valence-corrected chi connectivity index (χ2v) is 5.86. The zero-order valence-electron chi connectivity index (χ0n) is 10.3. The van der Waals surface area contributed by atoms with E-state index in [0.717, 1.165) is 0 Å². The van der Waals surface area contributed by atoms with Crippen LogP contribution >= 0.6 is 21.6 Å². The first-order chi connectivity index (χ1) is 8.70. The Bertz CT molecular complexity index is 218. The molecule has 0 aromatic rings. The first-order valence-corrected chi connectivity index (χ1v) is 8.15. The number of ether oxygens (including phenoxy) is 2.